The maximum absolute atomic E-state index is 12.0. The Kier molecular flexibility index (Phi) is 3.52. The van der Waals surface area contributed by atoms with Crippen molar-refractivity contribution in [3.63, 3.8) is 0 Å². The molecule has 21 heavy (non-hydrogen) atoms. The molecule has 3 heterocycles. The molecule has 0 aliphatic carbocycles. The van der Waals surface area contributed by atoms with Crippen LogP contribution in [0.15, 0.2) is 11.4 Å². The van der Waals surface area contributed by atoms with E-state index in [1.807, 2.05) is 25.3 Å². The molecule has 0 spiro atoms. The van der Waals surface area contributed by atoms with E-state index in [2.05, 4.69) is 25.6 Å². The van der Waals surface area contributed by atoms with Crippen molar-refractivity contribution < 1.29 is 4.79 Å². The number of carbonyl (C=O) groups is 1. The Morgan fingerprint density at radius 3 is 3.10 bits per heavy atom. The van der Waals surface area contributed by atoms with Crippen LogP contribution in [0.4, 0.5) is 5.82 Å². The number of hydrogen-bond donors (Lipinski definition) is 3. The number of hydrazine groups is 1. The lowest BCUT2D eigenvalue weighted by Crippen LogP contribution is -2.61. The zero-order valence-corrected chi connectivity index (χ0v) is 12.8. The van der Waals surface area contributed by atoms with Gasteiger partial charge < -0.3 is 10.7 Å². The third-order valence-electron chi connectivity index (χ3n) is 3.85. The van der Waals surface area contributed by atoms with Crippen molar-refractivity contribution in [3.8, 4) is 0 Å². The molecule has 4 N–H and O–H groups in total. The molecule has 2 aromatic rings. The van der Waals surface area contributed by atoms with Crippen LogP contribution in [-0.4, -0.2) is 39.4 Å². The van der Waals surface area contributed by atoms with Gasteiger partial charge in [0, 0.05) is 13.1 Å². The first-order chi connectivity index (χ1) is 10.0. The van der Waals surface area contributed by atoms with Crippen LogP contribution in [0, 0.1) is 0 Å². The lowest BCUT2D eigenvalue weighted by Gasteiger charge is -2.40. The molecular formula is C13H18N6OS. The van der Waals surface area contributed by atoms with Crippen molar-refractivity contribution in [1.82, 2.24) is 20.2 Å². The minimum absolute atomic E-state index is 0.0307. The lowest BCUT2D eigenvalue weighted by atomic mass is 9.99. The van der Waals surface area contributed by atoms with Gasteiger partial charge in [0.2, 0.25) is 5.91 Å². The van der Waals surface area contributed by atoms with E-state index < -0.39 is 5.54 Å². The summed E-state index contributed by atoms with van der Waals surface area (Å²) in [6, 6.07) is 1.94. The smallest absolute Gasteiger partial charge is 0.240 e. The van der Waals surface area contributed by atoms with E-state index in [1.54, 1.807) is 11.3 Å². The second kappa shape index (κ2) is 5.21. The first-order valence-corrected chi connectivity index (χ1v) is 7.64. The fraction of sp³-hybridized carbons (Fsp3) is 0.462. The molecule has 1 saturated heterocycles. The SMILES string of the molecule is CC1(C)C(=O)NCCN1Cc1nc(NN)c2ccsc2n1. The summed E-state index contributed by atoms with van der Waals surface area (Å²) in [5, 5.41) is 5.76. The number of nitrogens with two attached hydrogens (primary N) is 1. The van der Waals surface area contributed by atoms with Crippen molar-refractivity contribution in [2.24, 2.45) is 5.84 Å². The largest absolute Gasteiger partial charge is 0.353 e. The van der Waals surface area contributed by atoms with Crippen LogP contribution in [0.3, 0.4) is 0 Å². The molecule has 0 bridgehead atoms. The van der Waals surface area contributed by atoms with Gasteiger partial charge in [-0.1, -0.05) is 0 Å². The normalized spacial score (nSPS) is 18.7. The maximum atomic E-state index is 12.0. The van der Waals surface area contributed by atoms with Gasteiger partial charge >= 0.3 is 0 Å². The predicted octanol–water partition coefficient (Wildman–Crippen LogP) is 0.687. The Labute approximate surface area is 126 Å². The van der Waals surface area contributed by atoms with Gasteiger partial charge in [0.1, 0.15) is 10.7 Å². The van der Waals surface area contributed by atoms with Crippen molar-refractivity contribution in [3.05, 3.63) is 17.3 Å². The van der Waals surface area contributed by atoms with Gasteiger partial charge in [-0.15, -0.1) is 11.3 Å². The number of thiophene rings is 1. The summed E-state index contributed by atoms with van der Waals surface area (Å²) in [6.07, 6.45) is 0. The fourth-order valence-electron chi connectivity index (χ4n) is 2.47. The molecule has 0 atom stereocenters. The number of nitrogens with zero attached hydrogens (tertiary/aromatic N) is 3. The Hall–Kier alpha value is -1.77. The molecule has 0 saturated carbocycles. The van der Waals surface area contributed by atoms with Gasteiger partial charge in [0.25, 0.3) is 0 Å². The van der Waals surface area contributed by atoms with Crippen molar-refractivity contribution in [2.75, 3.05) is 18.5 Å². The van der Waals surface area contributed by atoms with E-state index in [9.17, 15) is 4.79 Å². The minimum Gasteiger partial charge on any atom is -0.353 e. The molecule has 0 unspecified atom stereocenters. The molecule has 2 aromatic heterocycles. The molecule has 112 valence electrons. The van der Waals surface area contributed by atoms with Crippen LogP contribution >= 0.6 is 11.3 Å². The van der Waals surface area contributed by atoms with Crippen LogP contribution in [-0.2, 0) is 11.3 Å². The van der Waals surface area contributed by atoms with E-state index in [4.69, 9.17) is 5.84 Å². The second-order valence-electron chi connectivity index (χ2n) is 5.51. The second-order valence-corrected chi connectivity index (χ2v) is 6.40. The molecule has 8 heteroatoms. The summed E-state index contributed by atoms with van der Waals surface area (Å²) in [4.78, 5) is 24.0. The van der Waals surface area contributed by atoms with E-state index in [0.717, 1.165) is 16.8 Å². The summed E-state index contributed by atoms with van der Waals surface area (Å²) >= 11 is 1.55. The molecule has 0 aromatic carbocycles. The van der Waals surface area contributed by atoms with Crippen molar-refractivity contribution in [1.29, 1.82) is 0 Å². The van der Waals surface area contributed by atoms with Crippen LogP contribution in [0.25, 0.3) is 10.2 Å². The van der Waals surface area contributed by atoms with Crippen LogP contribution in [0.1, 0.15) is 19.7 Å². The summed E-state index contributed by atoms with van der Waals surface area (Å²) in [6.45, 7) is 5.75. The predicted molar refractivity (Wildman–Crippen MR) is 82.7 cm³/mol. The van der Waals surface area contributed by atoms with Gasteiger partial charge in [0.05, 0.1) is 17.5 Å². The van der Waals surface area contributed by atoms with Crippen LogP contribution in [0.2, 0.25) is 0 Å². The third-order valence-corrected chi connectivity index (χ3v) is 4.66. The molecule has 3 rings (SSSR count). The average Bonchev–Trinajstić information content (AvgIpc) is 2.92. The maximum Gasteiger partial charge on any atom is 0.240 e. The van der Waals surface area contributed by atoms with E-state index in [1.165, 1.54) is 0 Å². The number of piperazine rings is 1. The first kappa shape index (κ1) is 14.2. The van der Waals surface area contributed by atoms with Crippen molar-refractivity contribution in [2.45, 2.75) is 25.9 Å². The summed E-state index contributed by atoms with van der Waals surface area (Å²) in [5.74, 6) is 6.86. The highest BCUT2D eigenvalue weighted by Crippen LogP contribution is 2.26. The highest BCUT2D eigenvalue weighted by atomic mass is 32.1. The third kappa shape index (κ3) is 2.45. The van der Waals surface area contributed by atoms with E-state index >= 15 is 0 Å². The highest BCUT2D eigenvalue weighted by molar-refractivity contribution is 7.16. The summed E-state index contributed by atoms with van der Waals surface area (Å²) < 4.78 is 0. The van der Waals surface area contributed by atoms with Gasteiger partial charge in [-0.2, -0.15) is 0 Å². The number of hydrogen-bond acceptors (Lipinski definition) is 7. The molecule has 1 aliphatic heterocycles. The molecule has 1 amide bonds. The lowest BCUT2D eigenvalue weighted by molar-refractivity contribution is -0.135. The number of anilines is 1. The summed E-state index contributed by atoms with van der Waals surface area (Å²) in [7, 11) is 0. The average molecular weight is 306 g/mol. The zero-order chi connectivity index (χ0) is 15.0. The number of carbonyl (C=O) groups excluding carboxylic acids is 1. The molecule has 1 fully saturated rings. The Bertz CT molecular complexity index is 682. The highest BCUT2D eigenvalue weighted by Gasteiger charge is 2.37. The number of nitrogen functional groups attached to an aromatic ring is 1. The van der Waals surface area contributed by atoms with Crippen LogP contribution < -0.4 is 16.6 Å². The molecule has 1 aliphatic rings. The number of amides is 1. The number of aromatic nitrogens is 2. The molecule has 0 radical (unpaired) electrons. The zero-order valence-electron chi connectivity index (χ0n) is 12.0. The fourth-order valence-corrected chi connectivity index (χ4v) is 3.25. The van der Waals surface area contributed by atoms with Gasteiger partial charge in [-0.3, -0.25) is 9.69 Å². The standard InChI is InChI=1S/C13H18N6OS/c1-13(2)12(20)15-4-5-19(13)7-9-16-10(18-14)8-3-6-21-11(8)17-9/h3,6H,4-5,7,14H2,1-2H3,(H,15,20)(H,16,17,18). The monoisotopic (exact) mass is 306 g/mol. The molecular weight excluding hydrogens is 288 g/mol. The van der Waals surface area contributed by atoms with E-state index in [-0.39, 0.29) is 5.91 Å². The van der Waals surface area contributed by atoms with Gasteiger partial charge in [0.15, 0.2) is 5.82 Å². The summed E-state index contributed by atoms with van der Waals surface area (Å²) in [5.41, 5.74) is 2.05. The number of fused-ring (bicyclic) bond motifs is 1. The van der Waals surface area contributed by atoms with Gasteiger partial charge in [-0.25, -0.2) is 15.8 Å². The van der Waals surface area contributed by atoms with Gasteiger partial charge in [-0.05, 0) is 25.3 Å². The Morgan fingerprint density at radius 2 is 2.33 bits per heavy atom. The minimum atomic E-state index is -0.567. The van der Waals surface area contributed by atoms with Crippen LogP contribution in [0.5, 0.6) is 0 Å². The Balaban J connectivity index is 1.92. The van der Waals surface area contributed by atoms with E-state index in [0.29, 0.717) is 24.7 Å². The Morgan fingerprint density at radius 1 is 1.52 bits per heavy atom. The van der Waals surface area contributed by atoms with Crippen molar-refractivity contribution >= 4 is 33.3 Å². The topological polar surface area (TPSA) is 96.2 Å². The molecule has 7 nitrogen and oxygen atoms in total. The first-order valence-electron chi connectivity index (χ1n) is 6.76. The number of nitrogens with one attached hydrogen (secondary N) is 2. The number of rotatable bonds is 3. The quantitative estimate of drug-likeness (QED) is 0.570.